The van der Waals surface area contributed by atoms with Crippen LogP contribution in [0.15, 0.2) is 12.7 Å². The smallest absolute Gasteiger partial charge is 0.236 e. The van der Waals surface area contributed by atoms with Gasteiger partial charge in [0.1, 0.15) is 0 Å². The fourth-order valence-electron chi connectivity index (χ4n) is 2.24. The third-order valence-electron chi connectivity index (χ3n) is 2.99. The number of hydrogen-bond acceptors (Lipinski definition) is 2. The zero-order chi connectivity index (χ0) is 11.1. The van der Waals surface area contributed by atoms with E-state index in [2.05, 4.69) is 18.8 Å². The molecule has 0 aromatic rings. The Morgan fingerprint density at radius 2 is 2.20 bits per heavy atom. The summed E-state index contributed by atoms with van der Waals surface area (Å²) in [6.07, 6.45) is 6.68. The lowest BCUT2D eigenvalue weighted by molar-refractivity contribution is -0.132. The van der Waals surface area contributed by atoms with Crippen LogP contribution in [0.2, 0.25) is 0 Å². The number of nitrogens with one attached hydrogen (secondary N) is 1. The average molecular weight is 210 g/mol. The van der Waals surface area contributed by atoms with E-state index in [4.69, 9.17) is 0 Å². The molecule has 1 aliphatic carbocycles. The molecular weight excluding hydrogens is 188 g/mol. The number of carbonyl (C=O) groups is 1. The van der Waals surface area contributed by atoms with Crippen molar-refractivity contribution in [2.45, 2.75) is 38.6 Å². The van der Waals surface area contributed by atoms with Crippen molar-refractivity contribution in [3.63, 3.8) is 0 Å². The maximum absolute atomic E-state index is 11.9. The minimum Gasteiger partial charge on any atom is -0.339 e. The molecule has 0 spiro atoms. The Morgan fingerprint density at radius 3 is 2.73 bits per heavy atom. The summed E-state index contributed by atoms with van der Waals surface area (Å²) in [5.41, 5.74) is 0. The average Bonchev–Trinajstić information content (AvgIpc) is 2.73. The van der Waals surface area contributed by atoms with E-state index in [1.165, 1.54) is 25.7 Å². The molecule has 0 unspecified atom stereocenters. The Morgan fingerprint density at radius 1 is 1.53 bits per heavy atom. The monoisotopic (exact) mass is 210 g/mol. The fraction of sp³-hybridized carbons (Fsp3) is 0.750. The van der Waals surface area contributed by atoms with Gasteiger partial charge in [0.15, 0.2) is 0 Å². The maximum atomic E-state index is 11.9. The first-order valence-electron chi connectivity index (χ1n) is 5.90. The molecule has 1 fully saturated rings. The van der Waals surface area contributed by atoms with Crippen molar-refractivity contribution in [3.8, 4) is 0 Å². The Hall–Kier alpha value is -0.830. The van der Waals surface area contributed by atoms with Gasteiger partial charge in [0, 0.05) is 19.1 Å². The highest BCUT2D eigenvalue weighted by molar-refractivity contribution is 5.78. The molecule has 0 aliphatic heterocycles. The van der Waals surface area contributed by atoms with Crippen LogP contribution < -0.4 is 5.32 Å². The SMILES string of the molecule is C=CCNCC(=O)N(CC)C1CCCC1. The summed E-state index contributed by atoms with van der Waals surface area (Å²) in [6.45, 7) is 7.65. The standard InChI is InChI=1S/C12H22N2O/c1-3-9-13-10-12(15)14(4-2)11-7-5-6-8-11/h3,11,13H,1,4-10H2,2H3. The number of amides is 1. The van der Waals surface area contributed by atoms with Crippen LogP contribution in [-0.2, 0) is 4.79 Å². The van der Waals surface area contributed by atoms with Gasteiger partial charge in [0.2, 0.25) is 5.91 Å². The van der Waals surface area contributed by atoms with Gasteiger partial charge < -0.3 is 10.2 Å². The number of carbonyl (C=O) groups excluding carboxylic acids is 1. The van der Waals surface area contributed by atoms with E-state index in [9.17, 15) is 4.79 Å². The topological polar surface area (TPSA) is 32.3 Å². The number of nitrogens with zero attached hydrogens (tertiary/aromatic N) is 1. The molecule has 1 N–H and O–H groups in total. The molecule has 1 saturated carbocycles. The second-order valence-electron chi connectivity index (χ2n) is 4.04. The Balaban J connectivity index is 2.35. The number of likely N-dealkylation sites (N-methyl/N-ethyl adjacent to an activating group) is 1. The second-order valence-corrected chi connectivity index (χ2v) is 4.04. The quantitative estimate of drug-likeness (QED) is 0.533. The molecule has 15 heavy (non-hydrogen) atoms. The van der Waals surface area contributed by atoms with Crippen molar-refractivity contribution in [1.82, 2.24) is 10.2 Å². The van der Waals surface area contributed by atoms with Crippen molar-refractivity contribution in [2.24, 2.45) is 0 Å². The van der Waals surface area contributed by atoms with Gasteiger partial charge in [-0.15, -0.1) is 6.58 Å². The molecule has 0 radical (unpaired) electrons. The molecule has 86 valence electrons. The zero-order valence-corrected chi connectivity index (χ0v) is 9.67. The molecule has 0 aromatic heterocycles. The zero-order valence-electron chi connectivity index (χ0n) is 9.67. The largest absolute Gasteiger partial charge is 0.339 e. The van der Waals surface area contributed by atoms with Gasteiger partial charge in [0.05, 0.1) is 6.54 Å². The lowest BCUT2D eigenvalue weighted by Crippen LogP contribution is -2.43. The van der Waals surface area contributed by atoms with Gasteiger partial charge in [-0.05, 0) is 19.8 Å². The summed E-state index contributed by atoms with van der Waals surface area (Å²) < 4.78 is 0. The van der Waals surface area contributed by atoms with Crippen molar-refractivity contribution >= 4 is 5.91 Å². The molecular formula is C12H22N2O. The third kappa shape index (κ3) is 3.67. The van der Waals surface area contributed by atoms with E-state index in [0.29, 0.717) is 19.1 Å². The lowest BCUT2D eigenvalue weighted by Gasteiger charge is -2.27. The highest BCUT2D eigenvalue weighted by Crippen LogP contribution is 2.23. The normalized spacial score (nSPS) is 16.6. The van der Waals surface area contributed by atoms with Gasteiger partial charge in [0.25, 0.3) is 0 Å². The van der Waals surface area contributed by atoms with Crippen molar-refractivity contribution in [3.05, 3.63) is 12.7 Å². The summed E-state index contributed by atoms with van der Waals surface area (Å²) in [5.74, 6) is 0.228. The van der Waals surface area contributed by atoms with E-state index in [1.54, 1.807) is 6.08 Å². The summed E-state index contributed by atoms with van der Waals surface area (Å²) in [6, 6.07) is 0.494. The summed E-state index contributed by atoms with van der Waals surface area (Å²) in [7, 11) is 0. The fourth-order valence-corrected chi connectivity index (χ4v) is 2.24. The molecule has 3 heteroatoms. The summed E-state index contributed by atoms with van der Waals surface area (Å²) in [5, 5.41) is 3.06. The van der Waals surface area contributed by atoms with Gasteiger partial charge in [-0.3, -0.25) is 4.79 Å². The van der Waals surface area contributed by atoms with Gasteiger partial charge in [-0.2, -0.15) is 0 Å². The molecule has 0 atom stereocenters. The minimum atomic E-state index is 0.228. The molecule has 3 nitrogen and oxygen atoms in total. The predicted octanol–water partition coefficient (Wildman–Crippen LogP) is 1.55. The highest BCUT2D eigenvalue weighted by Gasteiger charge is 2.24. The summed E-state index contributed by atoms with van der Waals surface area (Å²) in [4.78, 5) is 13.9. The van der Waals surface area contributed by atoms with Crippen LogP contribution in [0.4, 0.5) is 0 Å². The van der Waals surface area contributed by atoms with Gasteiger partial charge in [-0.25, -0.2) is 0 Å². The molecule has 0 aromatic carbocycles. The maximum Gasteiger partial charge on any atom is 0.236 e. The van der Waals surface area contributed by atoms with Crippen LogP contribution in [0.1, 0.15) is 32.6 Å². The Labute approximate surface area is 92.5 Å². The molecule has 1 aliphatic rings. The highest BCUT2D eigenvalue weighted by atomic mass is 16.2. The van der Waals surface area contributed by atoms with Crippen LogP contribution >= 0.6 is 0 Å². The van der Waals surface area contributed by atoms with Crippen molar-refractivity contribution < 1.29 is 4.79 Å². The predicted molar refractivity (Wildman–Crippen MR) is 62.7 cm³/mol. The van der Waals surface area contributed by atoms with E-state index in [-0.39, 0.29) is 5.91 Å². The van der Waals surface area contributed by atoms with Crippen LogP contribution in [0.5, 0.6) is 0 Å². The number of rotatable bonds is 6. The van der Waals surface area contributed by atoms with Gasteiger partial charge in [-0.1, -0.05) is 18.9 Å². The molecule has 0 heterocycles. The third-order valence-corrected chi connectivity index (χ3v) is 2.99. The first-order valence-corrected chi connectivity index (χ1v) is 5.90. The molecule has 1 amide bonds. The molecule has 0 bridgehead atoms. The molecule has 0 saturated heterocycles. The lowest BCUT2D eigenvalue weighted by atomic mass is 10.2. The first-order chi connectivity index (χ1) is 7.29. The van der Waals surface area contributed by atoms with Crippen LogP contribution in [0, 0.1) is 0 Å². The summed E-state index contributed by atoms with van der Waals surface area (Å²) >= 11 is 0. The van der Waals surface area contributed by atoms with Crippen molar-refractivity contribution in [2.75, 3.05) is 19.6 Å². The first kappa shape index (κ1) is 12.2. The van der Waals surface area contributed by atoms with E-state index >= 15 is 0 Å². The second kappa shape index (κ2) is 6.62. The Kier molecular flexibility index (Phi) is 5.40. The minimum absolute atomic E-state index is 0.228. The van der Waals surface area contributed by atoms with Crippen molar-refractivity contribution in [1.29, 1.82) is 0 Å². The number of hydrogen-bond donors (Lipinski definition) is 1. The van der Waals surface area contributed by atoms with Gasteiger partial charge >= 0.3 is 0 Å². The van der Waals surface area contributed by atoms with E-state index in [0.717, 1.165) is 6.54 Å². The van der Waals surface area contributed by atoms with E-state index < -0.39 is 0 Å². The molecule has 1 rings (SSSR count). The van der Waals surface area contributed by atoms with Crippen LogP contribution in [-0.4, -0.2) is 36.5 Å². The van der Waals surface area contributed by atoms with E-state index in [1.807, 2.05) is 4.90 Å². The van der Waals surface area contributed by atoms with Crippen LogP contribution in [0.3, 0.4) is 0 Å². The Bertz CT molecular complexity index is 210. The van der Waals surface area contributed by atoms with Crippen LogP contribution in [0.25, 0.3) is 0 Å².